The number of anilines is 1. The van der Waals surface area contributed by atoms with Crippen molar-refractivity contribution in [2.75, 3.05) is 19.0 Å². The Morgan fingerprint density at radius 3 is 2.55 bits per heavy atom. The van der Waals surface area contributed by atoms with Crippen molar-refractivity contribution < 1.29 is 0 Å². The molecule has 0 bridgehead atoms. The lowest BCUT2D eigenvalue weighted by Crippen LogP contribution is -2.09. The highest BCUT2D eigenvalue weighted by Crippen LogP contribution is 2.33. The zero-order valence-electron chi connectivity index (χ0n) is 13.6. The average Bonchev–Trinajstić information content (AvgIpc) is 3.00. The van der Waals surface area contributed by atoms with Crippen LogP contribution in [0.5, 0.6) is 0 Å². The molecule has 1 aromatic heterocycles. The molecule has 0 aliphatic carbocycles. The van der Waals surface area contributed by atoms with Gasteiger partial charge in [0.25, 0.3) is 0 Å². The lowest BCUT2D eigenvalue weighted by atomic mass is 10.0. The van der Waals surface area contributed by atoms with E-state index in [9.17, 15) is 0 Å². The third-order valence-electron chi connectivity index (χ3n) is 4.07. The highest BCUT2D eigenvalue weighted by molar-refractivity contribution is 6.02. The van der Waals surface area contributed by atoms with Crippen LogP contribution in [0.15, 0.2) is 42.6 Å². The van der Waals surface area contributed by atoms with Gasteiger partial charge >= 0.3 is 0 Å². The molecule has 0 amide bonds. The van der Waals surface area contributed by atoms with E-state index in [1.54, 1.807) is 0 Å². The Labute approximate surface area is 132 Å². The van der Waals surface area contributed by atoms with Crippen molar-refractivity contribution in [1.29, 1.82) is 0 Å². The zero-order chi connectivity index (χ0) is 15.5. The minimum absolute atomic E-state index is 0.965. The van der Waals surface area contributed by atoms with E-state index in [1.807, 2.05) is 6.20 Å². The van der Waals surface area contributed by atoms with E-state index in [-0.39, 0.29) is 0 Å². The SMILES string of the molecule is CCCCc1cnc(-c2ccc(N(C)C)c3ccccc23)[nH]1. The van der Waals surface area contributed by atoms with Crippen molar-refractivity contribution in [3.63, 3.8) is 0 Å². The number of H-pyrrole nitrogens is 1. The Hall–Kier alpha value is -2.29. The van der Waals surface area contributed by atoms with Crippen LogP contribution in [0.2, 0.25) is 0 Å². The Morgan fingerprint density at radius 2 is 1.82 bits per heavy atom. The van der Waals surface area contributed by atoms with Crippen LogP contribution in [0, 0.1) is 0 Å². The molecule has 3 aromatic rings. The molecular weight excluding hydrogens is 270 g/mol. The van der Waals surface area contributed by atoms with Gasteiger partial charge in [-0.1, -0.05) is 37.6 Å². The normalized spacial score (nSPS) is 11.0. The molecule has 0 saturated heterocycles. The Morgan fingerprint density at radius 1 is 1.05 bits per heavy atom. The second kappa shape index (κ2) is 6.22. The first-order valence-electron chi connectivity index (χ1n) is 7.94. The quantitative estimate of drug-likeness (QED) is 0.743. The Kier molecular flexibility index (Phi) is 4.14. The van der Waals surface area contributed by atoms with E-state index < -0.39 is 0 Å². The molecule has 0 spiro atoms. The number of aryl methyl sites for hydroxylation is 1. The summed E-state index contributed by atoms with van der Waals surface area (Å²) in [5, 5.41) is 2.50. The summed E-state index contributed by atoms with van der Waals surface area (Å²) in [4.78, 5) is 10.2. The molecule has 1 N–H and O–H groups in total. The number of benzene rings is 2. The van der Waals surface area contributed by atoms with E-state index >= 15 is 0 Å². The van der Waals surface area contributed by atoms with Gasteiger partial charge in [-0.3, -0.25) is 0 Å². The van der Waals surface area contributed by atoms with Crippen LogP contribution >= 0.6 is 0 Å². The summed E-state index contributed by atoms with van der Waals surface area (Å²) in [5.74, 6) is 0.965. The summed E-state index contributed by atoms with van der Waals surface area (Å²) >= 11 is 0. The molecule has 0 aliphatic heterocycles. The second-order valence-electron chi connectivity index (χ2n) is 5.93. The standard InChI is InChI=1S/C19H23N3/c1-4-5-8-14-13-20-19(21-14)17-11-12-18(22(2)3)16-10-7-6-9-15(16)17/h6-7,9-13H,4-5,8H2,1-3H3,(H,20,21). The summed E-state index contributed by atoms with van der Waals surface area (Å²) in [6.07, 6.45) is 5.44. The molecule has 1 heterocycles. The predicted molar refractivity (Wildman–Crippen MR) is 94.5 cm³/mol. The molecule has 114 valence electrons. The minimum Gasteiger partial charge on any atom is -0.377 e. The number of rotatable bonds is 5. The zero-order valence-corrected chi connectivity index (χ0v) is 13.6. The molecule has 0 aliphatic rings. The fourth-order valence-corrected chi connectivity index (χ4v) is 2.87. The number of nitrogens with one attached hydrogen (secondary N) is 1. The summed E-state index contributed by atoms with van der Waals surface area (Å²) in [6, 6.07) is 12.9. The van der Waals surface area contributed by atoms with E-state index in [2.05, 4.69) is 72.3 Å². The molecular formula is C19H23N3. The molecule has 3 nitrogen and oxygen atoms in total. The van der Waals surface area contributed by atoms with Crippen molar-refractivity contribution in [2.24, 2.45) is 0 Å². The van der Waals surface area contributed by atoms with E-state index in [0.717, 1.165) is 12.2 Å². The van der Waals surface area contributed by atoms with Gasteiger partial charge < -0.3 is 9.88 Å². The fraction of sp³-hybridized carbons (Fsp3) is 0.316. The van der Waals surface area contributed by atoms with Crippen LogP contribution in [0.1, 0.15) is 25.5 Å². The van der Waals surface area contributed by atoms with Crippen molar-refractivity contribution in [2.45, 2.75) is 26.2 Å². The van der Waals surface area contributed by atoms with Gasteiger partial charge in [-0.2, -0.15) is 0 Å². The Balaban J connectivity index is 2.08. The van der Waals surface area contributed by atoms with Crippen LogP contribution in [0.25, 0.3) is 22.2 Å². The van der Waals surface area contributed by atoms with Crippen molar-refractivity contribution in [3.8, 4) is 11.4 Å². The first-order chi connectivity index (χ1) is 10.7. The van der Waals surface area contributed by atoms with Gasteiger partial charge in [0.1, 0.15) is 5.82 Å². The van der Waals surface area contributed by atoms with Gasteiger partial charge in [-0.05, 0) is 30.4 Å². The largest absolute Gasteiger partial charge is 0.377 e. The summed E-state index contributed by atoms with van der Waals surface area (Å²) in [7, 11) is 4.16. The number of aromatic amines is 1. The molecule has 0 atom stereocenters. The highest BCUT2D eigenvalue weighted by Gasteiger charge is 2.11. The number of fused-ring (bicyclic) bond motifs is 1. The van der Waals surface area contributed by atoms with Crippen molar-refractivity contribution in [3.05, 3.63) is 48.3 Å². The topological polar surface area (TPSA) is 31.9 Å². The maximum absolute atomic E-state index is 4.59. The van der Waals surface area contributed by atoms with Crippen LogP contribution in [0.3, 0.4) is 0 Å². The third-order valence-corrected chi connectivity index (χ3v) is 4.07. The van der Waals surface area contributed by atoms with Crippen molar-refractivity contribution in [1.82, 2.24) is 9.97 Å². The van der Waals surface area contributed by atoms with E-state index in [4.69, 9.17) is 0 Å². The number of aromatic nitrogens is 2. The number of nitrogens with zero attached hydrogens (tertiary/aromatic N) is 2. The molecule has 22 heavy (non-hydrogen) atoms. The molecule has 3 rings (SSSR count). The lowest BCUT2D eigenvalue weighted by molar-refractivity contribution is 0.781. The third kappa shape index (κ3) is 2.71. The van der Waals surface area contributed by atoms with Gasteiger partial charge in [0.2, 0.25) is 0 Å². The van der Waals surface area contributed by atoms with Gasteiger partial charge in [-0.25, -0.2) is 4.98 Å². The molecule has 0 fully saturated rings. The highest BCUT2D eigenvalue weighted by atomic mass is 15.1. The van der Waals surface area contributed by atoms with E-state index in [0.29, 0.717) is 0 Å². The Bertz CT molecular complexity index is 771. The number of hydrogen-bond acceptors (Lipinski definition) is 2. The predicted octanol–water partition coefficient (Wildman–Crippen LogP) is 4.64. The summed E-state index contributed by atoms with van der Waals surface area (Å²) in [6.45, 7) is 2.21. The fourth-order valence-electron chi connectivity index (χ4n) is 2.87. The first-order valence-corrected chi connectivity index (χ1v) is 7.94. The maximum atomic E-state index is 4.59. The average molecular weight is 293 g/mol. The van der Waals surface area contributed by atoms with E-state index in [1.165, 1.54) is 40.6 Å². The van der Waals surface area contributed by atoms with Gasteiger partial charge in [0.15, 0.2) is 0 Å². The molecule has 0 unspecified atom stereocenters. The summed E-state index contributed by atoms with van der Waals surface area (Å²) in [5.41, 5.74) is 3.62. The van der Waals surface area contributed by atoms with Gasteiger partial charge in [-0.15, -0.1) is 0 Å². The summed E-state index contributed by atoms with van der Waals surface area (Å²) < 4.78 is 0. The maximum Gasteiger partial charge on any atom is 0.138 e. The number of imidazole rings is 1. The van der Waals surface area contributed by atoms with Gasteiger partial charge in [0, 0.05) is 42.6 Å². The molecule has 3 heteroatoms. The monoisotopic (exact) mass is 293 g/mol. The molecule has 0 radical (unpaired) electrons. The van der Waals surface area contributed by atoms with Gasteiger partial charge in [0.05, 0.1) is 0 Å². The number of unbranched alkanes of at least 4 members (excludes halogenated alkanes) is 1. The smallest absolute Gasteiger partial charge is 0.138 e. The van der Waals surface area contributed by atoms with Crippen LogP contribution in [-0.4, -0.2) is 24.1 Å². The second-order valence-corrected chi connectivity index (χ2v) is 5.93. The lowest BCUT2D eigenvalue weighted by Gasteiger charge is -2.17. The van der Waals surface area contributed by atoms with Crippen LogP contribution in [-0.2, 0) is 6.42 Å². The van der Waals surface area contributed by atoms with Crippen LogP contribution in [0.4, 0.5) is 5.69 Å². The van der Waals surface area contributed by atoms with Crippen molar-refractivity contribution >= 4 is 16.5 Å². The molecule has 2 aromatic carbocycles. The minimum atomic E-state index is 0.965. The van der Waals surface area contributed by atoms with Crippen LogP contribution < -0.4 is 4.90 Å². The number of hydrogen-bond donors (Lipinski definition) is 1. The molecule has 0 saturated carbocycles. The first kappa shape index (κ1) is 14.6.